The summed E-state index contributed by atoms with van der Waals surface area (Å²) in [5, 5.41) is 5.28. The molecule has 0 aliphatic rings. The number of halogens is 2. The molecule has 0 bridgehead atoms. The summed E-state index contributed by atoms with van der Waals surface area (Å²) in [6.45, 7) is 12.9. The van der Waals surface area contributed by atoms with Gasteiger partial charge in [0.1, 0.15) is 0 Å². The van der Waals surface area contributed by atoms with Crippen molar-refractivity contribution in [2.24, 2.45) is 0 Å². The minimum absolute atomic E-state index is 0. The van der Waals surface area contributed by atoms with E-state index in [2.05, 4.69) is 88.4 Å². The Bertz CT molecular complexity index is 1510. The molecule has 0 N–H and O–H groups in total. The van der Waals surface area contributed by atoms with Gasteiger partial charge in [0.15, 0.2) is 0 Å². The number of aryl methyl sites for hydroxylation is 2. The summed E-state index contributed by atoms with van der Waals surface area (Å²) in [4.78, 5) is 0. The van der Waals surface area contributed by atoms with Gasteiger partial charge < -0.3 is 33.6 Å². The van der Waals surface area contributed by atoms with Crippen LogP contribution in [0.2, 0.25) is 0 Å². The molecule has 2 heterocycles. The summed E-state index contributed by atoms with van der Waals surface area (Å²) in [5.74, 6) is 4.92. The van der Waals surface area contributed by atoms with E-state index in [-0.39, 0.29) is 51.0 Å². The van der Waals surface area contributed by atoms with Gasteiger partial charge in [-0.3, -0.25) is 0 Å². The molecule has 6 aromatic rings. The zero-order valence-electron chi connectivity index (χ0n) is 23.3. The molecule has 0 radical (unpaired) electrons. The van der Waals surface area contributed by atoms with Crippen molar-refractivity contribution < 1.29 is 59.9 Å². The van der Waals surface area contributed by atoms with Crippen LogP contribution >= 0.6 is 0 Å². The van der Waals surface area contributed by atoms with Crippen molar-refractivity contribution in [3.63, 3.8) is 0 Å². The molecule has 2 aromatic heterocycles. The van der Waals surface area contributed by atoms with Gasteiger partial charge in [-0.25, -0.2) is 0 Å². The van der Waals surface area contributed by atoms with Crippen molar-refractivity contribution in [2.45, 2.75) is 53.4 Å². The average molecular weight is 637 g/mol. The minimum Gasteiger partial charge on any atom is -1.00 e. The molecule has 6 rings (SSSR count). The van der Waals surface area contributed by atoms with E-state index >= 15 is 0 Å². The Morgan fingerprint density at radius 2 is 0.949 bits per heavy atom. The Balaban J connectivity index is 0.000000254. The van der Waals surface area contributed by atoms with E-state index in [0.29, 0.717) is 11.8 Å². The zero-order valence-corrected chi connectivity index (χ0v) is 27.3. The monoisotopic (exact) mass is 634 g/mol. The van der Waals surface area contributed by atoms with Crippen molar-refractivity contribution in [2.75, 3.05) is 0 Å². The van der Waals surface area contributed by atoms with Gasteiger partial charge in [-0.15, -0.1) is 57.9 Å². The standard InChI is InChI=1S/2C17H17O.2ClH.Zr/c2*1-11(2)15-6-4-5-13-9-14(10-16(13)15)17-8-7-12(3)18-17;;;/h2*4-11H,1-3H3;2*1H;/q2*-1;;;+4/p-2. The van der Waals surface area contributed by atoms with Gasteiger partial charge >= 0.3 is 26.2 Å². The fraction of sp³-hybridized carbons (Fsp3) is 0.235. The molecule has 0 aliphatic heterocycles. The molecule has 2 nitrogen and oxygen atoms in total. The molecule has 0 amide bonds. The van der Waals surface area contributed by atoms with Crippen LogP contribution in [-0.4, -0.2) is 0 Å². The summed E-state index contributed by atoms with van der Waals surface area (Å²) in [5.41, 5.74) is 5.15. The van der Waals surface area contributed by atoms with E-state index in [1.54, 1.807) is 0 Å². The topological polar surface area (TPSA) is 26.3 Å². The number of hydrogen-bond donors (Lipinski definition) is 0. The molecule has 5 heteroatoms. The van der Waals surface area contributed by atoms with Gasteiger partial charge in [0.25, 0.3) is 0 Å². The first-order chi connectivity index (χ1) is 17.3. The van der Waals surface area contributed by atoms with Crippen LogP contribution < -0.4 is 24.8 Å². The third-order valence-electron chi connectivity index (χ3n) is 6.86. The van der Waals surface area contributed by atoms with Crippen molar-refractivity contribution >= 4 is 21.5 Å². The number of fused-ring (bicyclic) bond motifs is 2. The van der Waals surface area contributed by atoms with Crippen LogP contribution in [0.5, 0.6) is 0 Å². The van der Waals surface area contributed by atoms with Gasteiger partial charge in [0.2, 0.25) is 0 Å². The van der Waals surface area contributed by atoms with Gasteiger partial charge in [-0.05, 0) is 49.9 Å². The number of hydrogen-bond acceptors (Lipinski definition) is 2. The van der Waals surface area contributed by atoms with Crippen LogP contribution in [0.25, 0.3) is 44.2 Å². The predicted molar refractivity (Wildman–Crippen MR) is 152 cm³/mol. The summed E-state index contributed by atoms with van der Waals surface area (Å²) in [7, 11) is 0. The smallest absolute Gasteiger partial charge is 1.00 e. The van der Waals surface area contributed by atoms with Gasteiger partial charge in [0.05, 0.1) is 23.0 Å². The summed E-state index contributed by atoms with van der Waals surface area (Å²) in [6.07, 6.45) is 0. The summed E-state index contributed by atoms with van der Waals surface area (Å²) in [6, 6.07) is 30.0. The average Bonchev–Trinajstić information content (AvgIpc) is 3.63. The quantitative estimate of drug-likeness (QED) is 0.267. The maximum absolute atomic E-state index is 5.70. The Hall–Kier alpha value is -2.32. The Kier molecular flexibility index (Phi) is 11.7. The van der Waals surface area contributed by atoms with E-state index in [1.165, 1.54) is 43.8 Å². The number of furan rings is 2. The SMILES string of the molecule is Cc1ccc(-c2cc3c(C(C)C)cccc3[cH-]2)o1.Cc1ccc(-c2cc3c(C(C)C)cccc3[cH-]2)o1.[Cl-].[Cl-].[Zr+4]. The van der Waals surface area contributed by atoms with E-state index in [4.69, 9.17) is 8.83 Å². The summed E-state index contributed by atoms with van der Waals surface area (Å²) >= 11 is 0. The maximum Gasteiger partial charge on any atom is 4.00 e. The maximum atomic E-state index is 5.70. The van der Waals surface area contributed by atoms with Crippen molar-refractivity contribution in [1.82, 2.24) is 0 Å². The minimum atomic E-state index is 0. The van der Waals surface area contributed by atoms with E-state index < -0.39 is 0 Å². The molecule has 39 heavy (non-hydrogen) atoms. The van der Waals surface area contributed by atoms with Crippen LogP contribution in [0, 0.1) is 13.8 Å². The largest absolute Gasteiger partial charge is 4.00 e. The van der Waals surface area contributed by atoms with Gasteiger partial charge in [-0.2, -0.15) is 0 Å². The fourth-order valence-electron chi connectivity index (χ4n) is 4.99. The summed E-state index contributed by atoms with van der Waals surface area (Å²) < 4.78 is 11.4. The third kappa shape index (κ3) is 7.07. The van der Waals surface area contributed by atoms with Crippen LogP contribution in [0.3, 0.4) is 0 Å². The fourth-order valence-corrected chi connectivity index (χ4v) is 4.99. The second kappa shape index (κ2) is 13.8. The van der Waals surface area contributed by atoms with Gasteiger partial charge in [-0.1, -0.05) is 74.2 Å². The molecule has 0 saturated heterocycles. The molecular formula is C34H34Cl2O2Zr. The Labute approximate surface area is 263 Å². The van der Waals surface area contributed by atoms with Gasteiger partial charge in [0, 0.05) is 0 Å². The predicted octanol–water partition coefficient (Wildman–Crippen LogP) is 4.51. The molecule has 0 unspecified atom stereocenters. The van der Waals surface area contributed by atoms with E-state index in [9.17, 15) is 0 Å². The van der Waals surface area contributed by atoms with Crippen molar-refractivity contribution in [1.29, 1.82) is 0 Å². The first kappa shape index (κ1) is 32.9. The first-order valence-corrected chi connectivity index (χ1v) is 12.8. The number of benzene rings is 2. The van der Waals surface area contributed by atoms with Crippen LogP contribution in [0.1, 0.15) is 62.2 Å². The van der Waals surface area contributed by atoms with Crippen molar-refractivity contribution in [3.8, 4) is 22.6 Å². The van der Waals surface area contributed by atoms with Crippen LogP contribution in [0.15, 0.2) is 93.8 Å². The molecule has 4 aromatic carbocycles. The molecule has 0 atom stereocenters. The van der Waals surface area contributed by atoms with Crippen LogP contribution in [-0.2, 0) is 26.2 Å². The van der Waals surface area contributed by atoms with Crippen molar-refractivity contribution in [3.05, 3.63) is 108 Å². The first-order valence-electron chi connectivity index (χ1n) is 12.8. The number of rotatable bonds is 4. The second-order valence-electron chi connectivity index (χ2n) is 10.3. The van der Waals surface area contributed by atoms with E-state index in [1.807, 2.05) is 38.1 Å². The molecule has 0 spiro atoms. The second-order valence-corrected chi connectivity index (χ2v) is 10.3. The Morgan fingerprint density at radius 1 is 0.564 bits per heavy atom. The third-order valence-corrected chi connectivity index (χ3v) is 6.86. The molecule has 0 aliphatic carbocycles. The Morgan fingerprint density at radius 3 is 1.26 bits per heavy atom. The zero-order chi connectivity index (χ0) is 25.4. The van der Waals surface area contributed by atoms with E-state index in [0.717, 1.165) is 23.0 Å². The molecule has 0 saturated carbocycles. The van der Waals surface area contributed by atoms with Crippen LogP contribution in [0.4, 0.5) is 0 Å². The molecule has 0 fully saturated rings. The molecular weight excluding hydrogens is 603 g/mol. The normalized spacial score (nSPS) is 10.7. The molecule has 200 valence electrons.